The molecular weight excluding hydrogens is 157 g/mol. The summed E-state index contributed by atoms with van der Waals surface area (Å²) in [6.07, 6.45) is 0.557. The van der Waals surface area contributed by atoms with E-state index < -0.39 is 0 Å². The fraction of sp³-hybridized carbons (Fsp3) is 0.222. The van der Waals surface area contributed by atoms with Gasteiger partial charge in [-0.25, -0.2) is 4.39 Å². The summed E-state index contributed by atoms with van der Waals surface area (Å²) >= 11 is 0. The molecule has 1 aromatic carbocycles. The predicted molar refractivity (Wildman–Crippen MR) is 44.0 cm³/mol. The first-order valence-corrected chi connectivity index (χ1v) is 3.66. The molecule has 0 unspecified atom stereocenters. The van der Waals surface area contributed by atoms with Crippen LogP contribution in [0.1, 0.15) is 11.1 Å². The molecule has 0 aliphatic rings. The second kappa shape index (κ2) is 3.85. The lowest BCUT2D eigenvalue weighted by Gasteiger charge is -2.02. The van der Waals surface area contributed by atoms with E-state index in [1.54, 1.807) is 12.1 Å². The Hall–Kier alpha value is -1.38. The third-order valence-corrected chi connectivity index (χ3v) is 1.58. The van der Waals surface area contributed by atoms with Gasteiger partial charge in [0.1, 0.15) is 5.82 Å². The zero-order valence-electron chi connectivity index (χ0n) is 6.80. The molecule has 0 spiro atoms. The van der Waals surface area contributed by atoms with Crippen LogP contribution in [0.2, 0.25) is 0 Å². The van der Waals surface area contributed by atoms with Gasteiger partial charge in [0, 0.05) is 12.1 Å². The lowest BCUT2D eigenvalue weighted by Crippen LogP contribution is -2.11. The molecule has 12 heavy (non-hydrogen) atoms. The number of carbonyl (C=O) groups excluding carboxylic acids is 1. The fourth-order valence-electron chi connectivity index (χ4n) is 0.991. The van der Waals surface area contributed by atoms with E-state index >= 15 is 0 Å². The number of aryl methyl sites for hydroxylation is 1. The summed E-state index contributed by atoms with van der Waals surface area (Å²) in [5.41, 5.74) is 1.50. The number of hydrogen-bond acceptors (Lipinski definition) is 1. The number of hydrogen-bond donors (Lipinski definition) is 1. The minimum atomic E-state index is -0.282. The molecule has 1 N–H and O–H groups in total. The van der Waals surface area contributed by atoms with E-state index in [1.165, 1.54) is 6.07 Å². The molecule has 1 rings (SSSR count). The smallest absolute Gasteiger partial charge is 0.207 e. The van der Waals surface area contributed by atoms with Crippen LogP contribution in [-0.2, 0) is 11.3 Å². The van der Waals surface area contributed by atoms with Crippen LogP contribution in [0.5, 0.6) is 0 Å². The number of benzene rings is 1. The largest absolute Gasteiger partial charge is 0.354 e. The molecule has 0 saturated heterocycles. The van der Waals surface area contributed by atoms with Crippen molar-refractivity contribution in [3.63, 3.8) is 0 Å². The maximum absolute atomic E-state index is 12.9. The highest BCUT2D eigenvalue weighted by atomic mass is 19.1. The average Bonchev–Trinajstić information content (AvgIpc) is 2.07. The van der Waals surface area contributed by atoms with Crippen molar-refractivity contribution in [3.8, 4) is 0 Å². The highest BCUT2D eigenvalue weighted by molar-refractivity contribution is 5.46. The van der Waals surface area contributed by atoms with Gasteiger partial charge in [-0.2, -0.15) is 0 Å². The monoisotopic (exact) mass is 167 g/mol. The Kier molecular flexibility index (Phi) is 2.80. The van der Waals surface area contributed by atoms with E-state index in [9.17, 15) is 9.18 Å². The van der Waals surface area contributed by atoms with Crippen molar-refractivity contribution >= 4 is 6.41 Å². The van der Waals surface area contributed by atoms with Crippen LogP contribution < -0.4 is 5.32 Å². The summed E-state index contributed by atoms with van der Waals surface area (Å²) < 4.78 is 12.9. The van der Waals surface area contributed by atoms with Crippen molar-refractivity contribution in [3.05, 3.63) is 35.1 Å². The Balaban J connectivity index is 2.82. The number of halogens is 1. The van der Waals surface area contributed by atoms with E-state index in [0.717, 1.165) is 5.56 Å². The third-order valence-electron chi connectivity index (χ3n) is 1.58. The predicted octanol–water partition coefficient (Wildman–Crippen LogP) is 1.38. The summed E-state index contributed by atoms with van der Waals surface area (Å²) in [4.78, 5) is 9.94. The molecule has 0 aromatic heterocycles. The van der Waals surface area contributed by atoms with Gasteiger partial charge in [0.15, 0.2) is 0 Å². The van der Waals surface area contributed by atoms with Crippen LogP contribution in [0.15, 0.2) is 18.2 Å². The maximum atomic E-state index is 12.9. The highest BCUT2D eigenvalue weighted by Gasteiger charge is 1.99. The van der Waals surface area contributed by atoms with Gasteiger partial charge in [0.25, 0.3) is 0 Å². The zero-order valence-corrected chi connectivity index (χ0v) is 6.80. The first-order valence-electron chi connectivity index (χ1n) is 3.66. The molecule has 64 valence electrons. The SMILES string of the molecule is Cc1ccc(F)c(CNC=O)c1. The van der Waals surface area contributed by atoms with E-state index in [1.807, 2.05) is 6.92 Å². The van der Waals surface area contributed by atoms with Gasteiger partial charge in [-0.15, -0.1) is 0 Å². The molecule has 0 saturated carbocycles. The van der Waals surface area contributed by atoms with Crippen LogP contribution in [0, 0.1) is 12.7 Å². The molecule has 1 aromatic rings. The minimum Gasteiger partial charge on any atom is -0.354 e. The van der Waals surface area contributed by atoms with Crippen LogP contribution >= 0.6 is 0 Å². The lowest BCUT2D eigenvalue weighted by atomic mass is 10.1. The molecule has 0 fully saturated rings. The van der Waals surface area contributed by atoms with Gasteiger partial charge in [-0.1, -0.05) is 17.7 Å². The second-order valence-electron chi connectivity index (χ2n) is 2.59. The summed E-state index contributed by atoms with van der Waals surface area (Å²) in [7, 11) is 0. The van der Waals surface area contributed by atoms with Crippen molar-refractivity contribution in [2.45, 2.75) is 13.5 Å². The van der Waals surface area contributed by atoms with Crippen LogP contribution in [0.25, 0.3) is 0 Å². The van der Waals surface area contributed by atoms with Crippen molar-refractivity contribution in [2.75, 3.05) is 0 Å². The second-order valence-corrected chi connectivity index (χ2v) is 2.59. The van der Waals surface area contributed by atoms with E-state index in [4.69, 9.17) is 0 Å². The summed E-state index contributed by atoms with van der Waals surface area (Å²) in [5.74, 6) is -0.282. The molecule has 0 radical (unpaired) electrons. The first-order chi connectivity index (χ1) is 5.74. The molecule has 0 aliphatic heterocycles. The Morgan fingerprint density at radius 3 is 3.00 bits per heavy atom. The van der Waals surface area contributed by atoms with Gasteiger partial charge in [0.05, 0.1) is 0 Å². The average molecular weight is 167 g/mol. The summed E-state index contributed by atoms with van der Waals surface area (Å²) in [6, 6.07) is 4.81. The lowest BCUT2D eigenvalue weighted by molar-refractivity contribution is -0.109. The Morgan fingerprint density at radius 1 is 1.58 bits per heavy atom. The van der Waals surface area contributed by atoms with E-state index in [0.29, 0.717) is 12.0 Å². The van der Waals surface area contributed by atoms with Gasteiger partial charge in [0.2, 0.25) is 6.41 Å². The fourth-order valence-corrected chi connectivity index (χ4v) is 0.991. The molecule has 3 heteroatoms. The number of rotatable bonds is 3. The van der Waals surface area contributed by atoms with Crippen LogP contribution in [0.4, 0.5) is 4.39 Å². The third kappa shape index (κ3) is 2.05. The molecule has 2 nitrogen and oxygen atoms in total. The molecule has 0 bridgehead atoms. The Bertz CT molecular complexity index is 286. The summed E-state index contributed by atoms with van der Waals surface area (Å²) in [5, 5.41) is 2.41. The molecule has 0 heterocycles. The Labute approximate surface area is 70.4 Å². The topological polar surface area (TPSA) is 29.1 Å². The van der Waals surface area contributed by atoms with Crippen molar-refractivity contribution < 1.29 is 9.18 Å². The molecule has 0 atom stereocenters. The number of carbonyl (C=O) groups is 1. The Morgan fingerprint density at radius 2 is 2.33 bits per heavy atom. The van der Waals surface area contributed by atoms with Crippen molar-refractivity contribution in [1.29, 1.82) is 0 Å². The molecule has 0 aliphatic carbocycles. The maximum Gasteiger partial charge on any atom is 0.207 e. The first kappa shape index (κ1) is 8.71. The standard InChI is InChI=1S/C9H10FNO/c1-7-2-3-9(10)8(4-7)5-11-6-12/h2-4,6H,5H2,1H3,(H,11,12). The van der Waals surface area contributed by atoms with E-state index in [2.05, 4.69) is 5.32 Å². The minimum absolute atomic E-state index is 0.247. The van der Waals surface area contributed by atoms with Crippen molar-refractivity contribution in [2.24, 2.45) is 0 Å². The molecular formula is C9H10FNO. The van der Waals surface area contributed by atoms with E-state index in [-0.39, 0.29) is 12.4 Å². The highest BCUT2D eigenvalue weighted by Crippen LogP contribution is 2.08. The van der Waals surface area contributed by atoms with Gasteiger partial charge in [-0.05, 0) is 13.0 Å². The quantitative estimate of drug-likeness (QED) is 0.677. The van der Waals surface area contributed by atoms with Gasteiger partial charge in [-0.3, -0.25) is 4.79 Å². The number of amides is 1. The normalized spacial score (nSPS) is 9.50. The summed E-state index contributed by atoms with van der Waals surface area (Å²) in [6.45, 7) is 2.13. The van der Waals surface area contributed by atoms with Crippen LogP contribution in [-0.4, -0.2) is 6.41 Å². The van der Waals surface area contributed by atoms with Gasteiger partial charge < -0.3 is 5.32 Å². The zero-order chi connectivity index (χ0) is 8.97. The molecule has 1 amide bonds. The van der Waals surface area contributed by atoms with Crippen LogP contribution in [0.3, 0.4) is 0 Å². The van der Waals surface area contributed by atoms with Gasteiger partial charge >= 0.3 is 0 Å². The van der Waals surface area contributed by atoms with Crippen molar-refractivity contribution in [1.82, 2.24) is 5.32 Å². The number of nitrogens with one attached hydrogen (secondary N) is 1.